The molecule has 0 radical (unpaired) electrons. The Morgan fingerprint density at radius 3 is 2.67 bits per heavy atom. The van der Waals surface area contributed by atoms with Crippen molar-refractivity contribution in [2.24, 2.45) is 0 Å². The van der Waals surface area contributed by atoms with Crippen LogP contribution in [0.5, 0.6) is 0 Å². The van der Waals surface area contributed by atoms with E-state index in [1.54, 1.807) is 0 Å². The van der Waals surface area contributed by atoms with Crippen LogP contribution in [-0.2, 0) is 0 Å². The topological polar surface area (TPSA) is 29.0 Å². The summed E-state index contributed by atoms with van der Waals surface area (Å²) in [5.41, 5.74) is 0.732. The van der Waals surface area contributed by atoms with Gasteiger partial charge in [0, 0.05) is 13.6 Å². The predicted octanol–water partition coefficient (Wildman–Crippen LogP) is 2.24. The van der Waals surface area contributed by atoms with Crippen LogP contribution in [0.2, 0.25) is 10.2 Å². The molecule has 0 spiro atoms. The van der Waals surface area contributed by atoms with Gasteiger partial charge in [0.15, 0.2) is 5.15 Å². The van der Waals surface area contributed by atoms with Gasteiger partial charge in [-0.1, -0.05) is 23.2 Å². The summed E-state index contributed by atoms with van der Waals surface area (Å²) in [5.74, 6) is 0. The van der Waals surface area contributed by atoms with Crippen molar-refractivity contribution in [1.29, 1.82) is 0 Å². The number of rotatable bonds is 2. The third-order valence-electron chi connectivity index (χ3n) is 1.59. The van der Waals surface area contributed by atoms with E-state index >= 15 is 0 Å². The molecule has 0 atom stereocenters. The van der Waals surface area contributed by atoms with E-state index in [-0.39, 0.29) is 0 Å². The highest BCUT2D eigenvalue weighted by molar-refractivity contribution is 6.38. The molecule has 0 N–H and O–H groups in total. The maximum Gasteiger partial charge on any atom is 0.176 e. The Morgan fingerprint density at radius 1 is 1.50 bits per heavy atom. The summed E-state index contributed by atoms with van der Waals surface area (Å²) >= 11 is 11.7. The molecule has 1 heterocycles. The normalized spacial score (nSPS) is 10.0. The lowest BCUT2D eigenvalue weighted by Gasteiger charge is -2.17. The zero-order valence-corrected chi connectivity index (χ0v) is 8.39. The monoisotopic (exact) mass is 205 g/mol. The van der Waals surface area contributed by atoms with Crippen molar-refractivity contribution in [2.75, 3.05) is 18.5 Å². The summed E-state index contributed by atoms with van der Waals surface area (Å²) < 4.78 is 0. The Morgan fingerprint density at radius 2 is 2.17 bits per heavy atom. The van der Waals surface area contributed by atoms with E-state index in [4.69, 9.17) is 23.2 Å². The summed E-state index contributed by atoms with van der Waals surface area (Å²) in [6.45, 7) is 2.83. The first kappa shape index (κ1) is 9.55. The summed E-state index contributed by atoms with van der Waals surface area (Å²) in [7, 11) is 1.90. The highest BCUT2D eigenvalue weighted by Gasteiger charge is 2.10. The molecule has 0 aliphatic rings. The lowest BCUT2D eigenvalue weighted by Crippen LogP contribution is -2.17. The predicted molar refractivity (Wildman–Crippen MR) is 51.0 cm³/mol. The Kier molecular flexibility index (Phi) is 3.12. The first-order valence-electron chi connectivity index (χ1n) is 3.54. The van der Waals surface area contributed by atoms with Crippen LogP contribution in [0.3, 0.4) is 0 Å². The van der Waals surface area contributed by atoms with E-state index in [0.717, 1.165) is 12.2 Å². The minimum atomic E-state index is 0.340. The average Bonchev–Trinajstić information content (AvgIpc) is 2.03. The Bertz CT molecular complexity index is 257. The van der Waals surface area contributed by atoms with E-state index in [1.807, 2.05) is 18.9 Å². The van der Waals surface area contributed by atoms with Gasteiger partial charge in [0.05, 0.1) is 16.9 Å². The molecule has 66 valence electrons. The van der Waals surface area contributed by atoms with Gasteiger partial charge in [0.2, 0.25) is 0 Å². The van der Waals surface area contributed by atoms with Crippen LogP contribution >= 0.6 is 23.2 Å². The van der Waals surface area contributed by atoms with Crippen LogP contribution in [0, 0.1) is 0 Å². The molecule has 0 bridgehead atoms. The number of halogens is 2. The molecule has 0 saturated heterocycles. The van der Waals surface area contributed by atoms with Gasteiger partial charge in [0.25, 0.3) is 0 Å². The minimum Gasteiger partial charge on any atom is -0.371 e. The molecule has 0 aliphatic carbocycles. The number of hydrogen-bond donors (Lipinski definition) is 0. The maximum atomic E-state index is 5.87. The average molecular weight is 206 g/mol. The summed E-state index contributed by atoms with van der Waals surface area (Å²) in [4.78, 5) is 1.92. The van der Waals surface area contributed by atoms with Crippen LogP contribution in [0.1, 0.15) is 6.92 Å². The van der Waals surface area contributed by atoms with Gasteiger partial charge >= 0.3 is 0 Å². The molecule has 0 aliphatic heterocycles. The van der Waals surface area contributed by atoms with Crippen LogP contribution in [-0.4, -0.2) is 23.8 Å². The molecule has 0 unspecified atom stereocenters. The molecule has 0 saturated carbocycles. The molecule has 3 nitrogen and oxygen atoms in total. The van der Waals surface area contributed by atoms with Crippen LogP contribution in [0.25, 0.3) is 0 Å². The van der Waals surface area contributed by atoms with Gasteiger partial charge in [-0.2, -0.15) is 5.10 Å². The Labute approximate surface area is 81.3 Å². The molecule has 12 heavy (non-hydrogen) atoms. The number of nitrogens with zero attached hydrogens (tertiary/aromatic N) is 3. The van der Waals surface area contributed by atoms with Crippen molar-refractivity contribution in [3.63, 3.8) is 0 Å². The van der Waals surface area contributed by atoms with Crippen molar-refractivity contribution in [3.8, 4) is 0 Å². The van der Waals surface area contributed by atoms with Crippen molar-refractivity contribution in [2.45, 2.75) is 6.92 Å². The fourth-order valence-electron chi connectivity index (χ4n) is 0.835. The van der Waals surface area contributed by atoms with E-state index in [9.17, 15) is 0 Å². The number of hydrogen-bond acceptors (Lipinski definition) is 3. The fourth-order valence-corrected chi connectivity index (χ4v) is 1.45. The molecule has 0 aromatic carbocycles. The van der Waals surface area contributed by atoms with Crippen LogP contribution < -0.4 is 4.90 Å². The third-order valence-corrected chi connectivity index (χ3v) is 2.13. The summed E-state index contributed by atoms with van der Waals surface area (Å²) in [6.07, 6.45) is 1.48. The molecular weight excluding hydrogens is 197 g/mol. The van der Waals surface area contributed by atoms with E-state index in [0.29, 0.717) is 10.2 Å². The Balaban J connectivity index is 3.12. The quantitative estimate of drug-likeness (QED) is 0.742. The zero-order valence-electron chi connectivity index (χ0n) is 6.88. The zero-order chi connectivity index (χ0) is 9.14. The molecule has 0 amide bonds. The molecule has 5 heteroatoms. The van der Waals surface area contributed by atoms with Gasteiger partial charge in [0.1, 0.15) is 0 Å². The van der Waals surface area contributed by atoms with Crippen LogP contribution in [0.15, 0.2) is 6.20 Å². The van der Waals surface area contributed by atoms with Gasteiger partial charge in [-0.05, 0) is 6.92 Å². The highest BCUT2D eigenvalue weighted by atomic mass is 35.5. The first-order valence-corrected chi connectivity index (χ1v) is 4.30. The number of aromatic nitrogens is 2. The van der Waals surface area contributed by atoms with Gasteiger partial charge in [-0.3, -0.25) is 0 Å². The maximum absolute atomic E-state index is 5.87. The van der Waals surface area contributed by atoms with Crippen molar-refractivity contribution in [3.05, 3.63) is 16.4 Å². The third kappa shape index (κ3) is 1.79. The van der Waals surface area contributed by atoms with Gasteiger partial charge < -0.3 is 4.90 Å². The molecule has 0 fully saturated rings. The molecular formula is C7H9Cl2N3. The molecule has 1 aromatic rings. The lowest BCUT2D eigenvalue weighted by molar-refractivity contribution is 0.938. The fraction of sp³-hybridized carbons (Fsp3) is 0.429. The largest absolute Gasteiger partial charge is 0.371 e. The second kappa shape index (κ2) is 3.92. The van der Waals surface area contributed by atoms with E-state index in [1.165, 1.54) is 6.20 Å². The SMILES string of the molecule is CCN(C)c1c(Cl)cnnc1Cl. The van der Waals surface area contributed by atoms with Crippen molar-refractivity contribution < 1.29 is 0 Å². The standard InChI is InChI=1S/C7H9Cl2N3/c1-3-12(2)6-5(8)4-10-11-7(6)9/h4H,3H2,1-2H3. The second-order valence-corrected chi connectivity index (χ2v) is 3.11. The van der Waals surface area contributed by atoms with E-state index in [2.05, 4.69) is 10.2 Å². The molecule has 1 aromatic heterocycles. The Hall–Kier alpha value is -0.540. The van der Waals surface area contributed by atoms with Gasteiger partial charge in [-0.15, -0.1) is 5.10 Å². The lowest BCUT2D eigenvalue weighted by atomic mass is 10.4. The smallest absolute Gasteiger partial charge is 0.176 e. The number of anilines is 1. The summed E-state index contributed by atoms with van der Waals surface area (Å²) in [6, 6.07) is 0. The second-order valence-electron chi connectivity index (χ2n) is 2.35. The van der Waals surface area contributed by atoms with Gasteiger partial charge in [-0.25, -0.2) is 0 Å². The highest BCUT2D eigenvalue weighted by Crippen LogP contribution is 2.29. The van der Waals surface area contributed by atoms with Crippen molar-refractivity contribution >= 4 is 28.9 Å². The van der Waals surface area contributed by atoms with Crippen molar-refractivity contribution in [1.82, 2.24) is 10.2 Å². The summed E-state index contributed by atoms with van der Waals surface area (Å²) in [5, 5.41) is 8.19. The minimum absolute atomic E-state index is 0.340. The molecule has 1 rings (SSSR count). The van der Waals surface area contributed by atoms with Crippen LogP contribution in [0.4, 0.5) is 5.69 Å². The first-order chi connectivity index (χ1) is 5.66. The van der Waals surface area contributed by atoms with E-state index < -0.39 is 0 Å².